The maximum absolute atomic E-state index is 14.3. The second-order valence-corrected chi connectivity index (χ2v) is 23.9. The Morgan fingerprint density at radius 1 is 0.691 bits per heavy atom. The molecule has 2 heterocycles. The second-order valence-electron chi connectivity index (χ2n) is 19.9. The van der Waals surface area contributed by atoms with Crippen LogP contribution in [0, 0.1) is 16.7 Å². The van der Waals surface area contributed by atoms with Crippen molar-refractivity contribution in [3.05, 3.63) is 120 Å². The van der Waals surface area contributed by atoms with E-state index in [2.05, 4.69) is 9.44 Å². The monoisotopic (exact) mass is 986 g/mol. The minimum atomic E-state index is -4.68. The van der Waals surface area contributed by atoms with Crippen molar-refractivity contribution < 1.29 is 58.2 Å². The molecule has 4 aromatic carbocycles. The summed E-state index contributed by atoms with van der Waals surface area (Å²) in [4.78, 5) is 13.1. The van der Waals surface area contributed by atoms with Crippen LogP contribution in [0.2, 0.25) is 0 Å². The van der Waals surface area contributed by atoms with Gasteiger partial charge in [-0.3, -0.25) is 4.79 Å². The summed E-state index contributed by atoms with van der Waals surface area (Å²) >= 11 is 0. The number of carboxylic acids is 1. The van der Waals surface area contributed by atoms with E-state index >= 15 is 0 Å². The van der Waals surface area contributed by atoms with E-state index in [9.17, 15) is 58.2 Å². The summed E-state index contributed by atoms with van der Waals surface area (Å²) in [5.74, 6) is -2.07. The van der Waals surface area contributed by atoms with Crippen LogP contribution in [0.25, 0.3) is 44.1 Å². The smallest absolute Gasteiger partial charge is 0.417 e. The fourth-order valence-electron chi connectivity index (χ4n) is 9.48. The lowest BCUT2D eigenvalue weighted by Gasteiger charge is -2.27. The highest BCUT2D eigenvalue weighted by Crippen LogP contribution is 2.51. The van der Waals surface area contributed by atoms with Gasteiger partial charge in [0.25, 0.3) is 0 Å². The second kappa shape index (κ2) is 17.3. The van der Waals surface area contributed by atoms with Crippen LogP contribution >= 0.6 is 0 Å². The Morgan fingerprint density at radius 2 is 1.18 bits per heavy atom. The molecule has 0 spiro atoms. The van der Waals surface area contributed by atoms with Crippen LogP contribution in [-0.2, 0) is 50.3 Å². The average molecular weight is 987 g/mol. The third-order valence-electron chi connectivity index (χ3n) is 12.9. The number of aliphatic hydroxyl groups is 1. The lowest BCUT2D eigenvalue weighted by Crippen LogP contribution is -2.37. The van der Waals surface area contributed by atoms with Gasteiger partial charge in [0.15, 0.2) is 0 Å². The predicted molar refractivity (Wildman–Crippen MR) is 247 cm³/mol. The van der Waals surface area contributed by atoms with Crippen molar-refractivity contribution in [2.75, 3.05) is 6.61 Å². The van der Waals surface area contributed by atoms with Gasteiger partial charge in [-0.1, -0.05) is 95.3 Å². The number of alkyl halides is 6. The van der Waals surface area contributed by atoms with Gasteiger partial charge in [0.05, 0.1) is 34.3 Å². The third kappa shape index (κ3) is 9.95. The Bertz CT molecular complexity index is 3150. The molecule has 19 heteroatoms. The van der Waals surface area contributed by atoms with Gasteiger partial charge in [0.1, 0.15) is 6.04 Å². The number of sulfonamides is 2. The maximum Gasteiger partial charge on any atom is 0.417 e. The largest absolute Gasteiger partial charge is 0.480 e. The minimum absolute atomic E-state index is 0.0763. The fraction of sp³-hybridized carbons (Fsp3) is 0.408. The summed E-state index contributed by atoms with van der Waals surface area (Å²) in [5, 5.41) is 20.2. The van der Waals surface area contributed by atoms with Crippen molar-refractivity contribution in [1.82, 2.24) is 18.6 Å². The van der Waals surface area contributed by atoms with Gasteiger partial charge in [0.2, 0.25) is 20.0 Å². The number of hydrogen-bond acceptors (Lipinski definition) is 6. The number of nitrogens with one attached hydrogen (secondary N) is 2. The molecule has 0 bridgehead atoms. The Morgan fingerprint density at radius 3 is 1.65 bits per heavy atom. The number of aliphatic hydroxyl groups excluding tert-OH is 1. The lowest BCUT2D eigenvalue weighted by atomic mass is 9.87. The third-order valence-corrected chi connectivity index (χ3v) is 16.8. The Hall–Kier alpha value is -5.21. The zero-order chi connectivity index (χ0) is 49.5. The molecular formula is C49H52F6N4O7S2. The molecule has 2 aliphatic rings. The zero-order valence-electron chi connectivity index (χ0n) is 37.8. The SMILES string of the molecule is CC(C)(C)Cn1cc([C@H](NS(=O)(=O)C2CC2C(C)(C)Cn2cc([C@@H](CO)NS(=O)(=O)C3CC3)c3ccc(-c4ccccc4C(F)(F)F)cc32)C(=O)O)c2ccc(-c3ccccc3C(F)(F)F)cc21. The van der Waals surface area contributed by atoms with Crippen LogP contribution in [0.4, 0.5) is 26.3 Å². The van der Waals surface area contributed by atoms with E-state index in [1.165, 1.54) is 60.8 Å². The van der Waals surface area contributed by atoms with E-state index in [-0.39, 0.29) is 46.2 Å². The molecule has 11 nitrogen and oxygen atoms in total. The van der Waals surface area contributed by atoms with Gasteiger partial charge in [-0.15, -0.1) is 0 Å². The topological polar surface area (TPSA) is 160 Å². The van der Waals surface area contributed by atoms with Gasteiger partial charge in [-0.2, -0.15) is 31.1 Å². The molecule has 0 aliphatic heterocycles. The van der Waals surface area contributed by atoms with E-state index in [1.807, 2.05) is 34.6 Å². The summed E-state index contributed by atoms with van der Waals surface area (Å²) in [6.45, 7) is 9.17. The van der Waals surface area contributed by atoms with Crippen molar-refractivity contribution in [3.63, 3.8) is 0 Å². The maximum atomic E-state index is 14.3. The molecular weight excluding hydrogens is 935 g/mol. The highest BCUT2D eigenvalue weighted by Gasteiger charge is 2.55. The van der Waals surface area contributed by atoms with E-state index in [4.69, 9.17) is 0 Å². The van der Waals surface area contributed by atoms with Crippen LogP contribution in [0.15, 0.2) is 97.3 Å². The summed E-state index contributed by atoms with van der Waals surface area (Å²) in [6, 6.07) is 16.4. The van der Waals surface area contributed by atoms with E-state index in [0.29, 0.717) is 46.8 Å². The molecule has 4 atom stereocenters. The standard InChI is InChI=1S/C49H52F6N4O7S2/c1-46(2,3)26-58-24-36(34-19-15-29(21-42(34)58)32-11-7-9-13-38(32)49(53,54)55)44(45(61)62)57-68(65,66)43-22-39(43)47(4,5)27-59-23-35(40(25-60)56-67(63,64)30-16-17-30)33-18-14-28(20-41(33)59)31-10-6-8-12-37(31)48(50,51)52/h6-15,18-21,23-24,30,39-40,43-44,56-57,60H,16-17,22,25-27H2,1-5H3,(H,61,62)/t39?,40-,43?,44+/m1/s1. The lowest BCUT2D eigenvalue weighted by molar-refractivity contribution is -0.139. The van der Waals surface area contributed by atoms with Crippen molar-refractivity contribution in [2.24, 2.45) is 16.7 Å². The number of hydrogen-bond donors (Lipinski definition) is 4. The summed E-state index contributed by atoms with van der Waals surface area (Å²) in [6.07, 6.45) is -5.14. The molecule has 2 saturated carbocycles. The molecule has 0 amide bonds. The first-order valence-corrected chi connectivity index (χ1v) is 25.1. The highest BCUT2D eigenvalue weighted by atomic mass is 32.2. The predicted octanol–water partition coefficient (Wildman–Crippen LogP) is 10.3. The number of benzene rings is 4. The van der Waals surface area contributed by atoms with Crippen molar-refractivity contribution >= 4 is 47.8 Å². The minimum Gasteiger partial charge on any atom is -0.480 e. The first kappa shape index (κ1) is 49.2. The molecule has 4 N–H and O–H groups in total. The van der Waals surface area contributed by atoms with Gasteiger partial charge in [0, 0.05) is 52.9 Å². The van der Waals surface area contributed by atoms with Gasteiger partial charge in [-0.05, 0) is 88.1 Å². The van der Waals surface area contributed by atoms with Crippen LogP contribution in [0.5, 0.6) is 0 Å². The number of carboxylic acid groups (broad SMARTS) is 1. The van der Waals surface area contributed by atoms with Crippen LogP contribution in [0.1, 0.15) is 88.2 Å². The van der Waals surface area contributed by atoms with E-state index in [0.717, 1.165) is 12.1 Å². The molecule has 0 saturated heterocycles. The zero-order valence-corrected chi connectivity index (χ0v) is 39.4. The molecule has 2 aliphatic carbocycles. The molecule has 2 unspecified atom stereocenters. The Balaban J connectivity index is 1.12. The van der Waals surface area contributed by atoms with Crippen molar-refractivity contribution in [1.29, 1.82) is 0 Å². The van der Waals surface area contributed by atoms with E-state index in [1.54, 1.807) is 33.5 Å². The van der Waals surface area contributed by atoms with Crippen LogP contribution in [-0.4, -0.2) is 59.3 Å². The van der Waals surface area contributed by atoms with Gasteiger partial charge < -0.3 is 19.3 Å². The number of rotatable bonds is 16. The number of aliphatic carboxylic acids is 1. The number of nitrogens with zero attached hydrogens (tertiary/aromatic N) is 2. The summed E-state index contributed by atoms with van der Waals surface area (Å²) < 4.78 is 148. The van der Waals surface area contributed by atoms with Crippen LogP contribution < -0.4 is 9.44 Å². The van der Waals surface area contributed by atoms with Crippen molar-refractivity contribution in [2.45, 2.75) is 102 Å². The van der Waals surface area contributed by atoms with Crippen LogP contribution in [0.3, 0.4) is 0 Å². The Labute approximate surface area is 390 Å². The number of fused-ring (bicyclic) bond motifs is 2. The molecule has 364 valence electrons. The highest BCUT2D eigenvalue weighted by molar-refractivity contribution is 7.90. The molecule has 6 aromatic rings. The number of aromatic nitrogens is 2. The first-order chi connectivity index (χ1) is 31.6. The molecule has 2 aromatic heterocycles. The summed E-state index contributed by atoms with van der Waals surface area (Å²) in [5.41, 5.74) is -1.42. The number of halogens is 6. The first-order valence-electron chi connectivity index (χ1n) is 22.0. The average Bonchev–Trinajstić information content (AvgIpc) is 4.19. The number of carbonyl (C=O) groups is 1. The van der Waals surface area contributed by atoms with Crippen molar-refractivity contribution in [3.8, 4) is 22.3 Å². The normalized spacial score (nSPS) is 18.3. The molecule has 2 fully saturated rings. The van der Waals surface area contributed by atoms with Gasteiger partial charge >= 0.3 is 18.3 Å². The molecule has 68 heavy (non-hydrogen) atoms. The Kier molecular flexibility index (Phi) is 12.5. The molecule has 8 rings (SSSR count). The summed E-state index contributed by atoms with van der Waals surface area (Å²) in [7, 11) is -8.22. The molecule has 0 radical (unpaired) electrons. The fourth-order valence-corrected chi connectivity index (χ4v) is 13.0. The van der Waals surface area contributed by atoms with Gasteiger partial charge in [-0.25, -0.2) is 21.6 Å². The quantitative estimate of drug-likeness (QED) is 0.0703. The van der Waals surface area contributed by atoms with E-state index < -0.39 is 90.0 Å².